The molecule has 0 fully saturated rings. The van der Waals surface area contributed by atoms with Gasteiger partial charge in [-0.3, -0.25) is 14.4 Å². The summed E-state index contributed by atoms with van der Waals surface area (Å²) in [6.45, 7) is 11.5. The Bertz CT molecular complexity index is 1030. The molecule has 1 aliphatic rings. The maximum Gasteiger partial charge on any atom is 0.280 e. The Labute approximate surface area is 176 Å². The summed E-state index contributed by atoms with van der Waals surface area (Å²) in [5, 5.41) is 7.30. The molecule has 2 aromatic rings. The van der Waals surface area contributed by atoms with Gasteiger partial charge in [0.15, 0.2) is 0 Å². The molecule has 3 rings (SSSR count). The van der Waals surface area contributed by atoms with Gasteiger partial charge in [-0.25, -0.2) is 0 Å². The molecular weight excluding hydrogens is 386 g/mol. The molecule has 3 heterocycles. The topological polar surface area (TPSA) is 97.9 Å². The number of fused-ring (bicyclic) bond motifs is 2. The molecule has 0 atom stereocenters. The van der Waals surface area contributed by atoms with E-state index >= 15 is 0 Å². The molecule has 2 amide bonds. The number of ether oxygens (including phenoxy) is 1. The largest absolute Gasteiger partial charge is 0.383 e. The molecule has 2 aromatic heterocycles. The number of amides is 2. The number of rotatable bonds is 7. The van der Waals surface area contributed by atoms with Crippen LogP contribution in [0.1, 0.15) is 56.4 Å². The van der Waals surface area contributed by atoms with E-state index in [0.717, 1.165) is 5.69 Å². The normalized spacial score (nSPS) is 14.1. The molecule has 0 saturated carbocycles. The molecule has 1 aliphatic heterocycles. The minimum Gasteiger partial charge on any atom is -0.383 e. The number of methoxy groups -OCH3 is 1. The molecule has 9 nitrogen and oxygen atoms in total. The van der Waals surface area contributed by atoms with Crippen LogP contribution in [0.2, 0.25) is 0 Å². The lowest BCUT2D eigenvalue weighted by molar-refractivity contribution is -0.121. The summed E-state index contributed by atoms with van der Waals surface area (Å²) in [6, 6.07) is 1.79. The van der Waals surface area contributed by atoms with Crippen molar-refractivity contribution >= 4 is 17.5 Å². The quantitative estimate of drug-likeness (QED) is 0.682. The zero-order valence-corrected chi connectivity index (χ0v) is 18.6. The summed E-state index contributed by atoms with van der Waals surface area (Å²) in [5.41, 5.74) is 1.27. The van der Waals surface area contributed by atoms with E-state index in [1.807, 2.05) is 34.6 Å². The van der Waals surface area contributed by atoms with Gasteiger partial charge in [0, 0.05) is 31.7 Å². The smallest absolute Gasteiger partial charge is 0.280 e. The summed E-state index contributed by atoms with van der Waals surface area (Å²) in [5.74, 6) is -0.212. The first-order valence-electron chi connectivity index (χ1n) is 10.3. The van der Waals surface area contributed by atoms with Crippen molar-refractivity contribution in [3.63, 3.8) is 0 Å². The van der Waals surface area contributed by atoms with Crippen LogP contribution in [0.4, 0.5) is 0 Å². The Hall–Kier alpha value is -2.68. The zero-order valence-electron chi connectivity index (χ0n) is 18.6. The van der Waals surface area contributed by atoms with Crippen LogP contribution in [0.3, 0.4) is 0 Å². The first-order chi connectivity index (χ1) is 14.0. The second kappa shape index (κ2) is 8.22. The van der Waals surface area contributed by atoms with E-state index in [0.29, 0.717) is 30.9 Å². The van der Waals surface area contributed by atoms with Gasteiger partial charge in [0.1, 0.15) is 17.9 Å². The summed E-state index contributed by atoms with van der Waals surface area (Å²) < 4.78 is 7.93. The molecular formula is C21H31N5O4. The van der Waals surface area contributed by atoms with Gasteiger partial charge in [-0.2, -0.15) is 9.61 Å². The molecule has 0 spiro atoms. The van der Waals surface area contributed by atoms with Crippen LogP contribution in [0, 0.1) is 5.92 Å². The highest BCUT2D eigenvalue weighted by Gasteiger charge is 2.35. The fourth-order valence-electron chi connectivity index (χ4n) is 3.63. The van der Waals surface area contributed by atoms with Crippen LogP contribution in [0.25, 0.3) is 5.65 Å². The van der Waals surface area contributed by atoms with Crippen molar-refractivity contribution in [2.75, 3.05) is 26.8 Å². The molecule has 1 N–H and O–H groups in total. The Morgan fingerprint density at radius 1 is 1.30 bits per heavy atom. The zero-order chi connectivity index (χ0) is 22.2. The lowest BCUT2D eigenvalue weighted by Gasteiger charge is -2.18. The third kappa shape index (κ3) is 4.12. The maximum atomic E-state index is 13.2. The van der Waals surface area contributed by atoms with Gasteiger partial charge in [0.05, 0.1) is 24.4 Å². The lowest BCUT2D eigenvalue weighted by atomic mass is 9.93. The van der Waals surface area contributed by atoms with Crippen LogP contribution in [-0.2, 0) is 28.0 Å². The van der Waals surface area contributed by atoms with Gasteiger partial charge in [0.25, 0.3) is 11.5 Å². The molecule has 0 aliphatic carbocycles. The number of nitrogens with zero attached hydrogens (tertiary/aromatic N) is 4. The second-order valence-electron chi connectivity index (χ2n) is 9.19. The van der Waals surface area contributed by atoms with Crippen LogP contribution in [0.5, 0.6) is 0 Å². The molecule has 0 aromatic carbocycles. The minimum atomic E-state index is -0.300. The Balaban J connectivity index is 2.14. The van der Waals surface area contributed by atoms with Gasteiger partial charge in [0.2, 0.25) is 5.91 Å². The number of carbonyl (C=O) groups excluding carboxylic acids is 2. The summed E-state index contributed by atoms with van der Waals surface area (Å²) in [7, 11) is 1.56. The fraction of sp³-hybridized carbons (Fsp3) is 0.619. The molecule has 0 unspecified atom stereocenters. The van der Waals surface area contributed by atoms with Crippen LogP contribution >= 0.6 is 0 Å². The highest BCUT2D eigenvalue weighted by Crippen LogP contribution is 2.26. The number of carbonyl (C=O) groups is 2. The average molecular weight is 418 g/mol. The van der Waals surface area contributed by atoms with Crippen molar-refractivity contribution in [2.45, 2.75) is 53.1 Å². The Morgan fingerprint density at radius 3 is 2.60 bits per heavy atom. The van der Waals surface area contributed by atoms with Crippen molar-refractivity contribution in [3.05, 3.63) is 33.4 Å². The molecule has 164 valence electrons. The highest BCUT2D eigenvalue weighted by molar-refractivity contribution is 5.97. The molecule has 9 heteroatoms. The summed E-state index contributed by atoms with van der Waals surface area (Å²) >= 11 is 0. The van der Waals surface area contributed by atoms with E-state index in [1.165, 1.54) is 4.52 Å². The van der Waals surface area contributed by atoms with Crippen LogP contribution in [0.15, 0.2) is 10.9 Å². The average Bonchev–Trinajstić information content (AvgIpc) is 3.22. The van der Waals surface area contributed by atoms with E-state index in [9.17, 15) is 14.4 Å². The van der Waals surface area contributed by atoms with Crippen LogP contribution < -0.4 is 10.9 Å². The number of hydrogen-bond donors (Lipinski definition) is 1. The molecule has 30 heavy (non-hydrogen) atoms. The molecule has 0 saturated heterocycles. The van der Waals surface area contributed by atoms with Crippen molar-refractivity contribution in [1.29, 1.82) is 0 Å². The Morgan fingerprint density at radius 2 is 2.00 bits per heavy atom. The predicted octanol–water partition coefficient (Wildman–Crippen LogP) is 1.17. The fourth-order valence-corrected chi connectivity index (χ4v) is 3.63. The monoisotopic (exact) mass is 417 g/mol. The summed E-state index contributed by atoms with van der Waals surface area (Å²) in [4.78, 5) is 40.6. The number of hydrogen-bond acceptors (Lipinski definition) is 5. The van der Waals surface area contributed by atoms with E-state index in [4.69, 9.17) is 4.74 Å². The van der Waals surface area contributed by atoms with Gasteiger partial charge < -0.3 is 19.5 Å². The number of nitrogens with one attached hydrogen (secondary N) is 1. The highest BCUT2D eigenvalue weighted by atomic mass is 16.5. The molecule has 0 radical (unpaired) electrons. The van der Waals surface area contributed by atoms with E-state index < -0.39 is 0 Å². The van der Waals surface area contributed by atoms with Crippen molar-refractivity contribution in [3.8, 4) is 0 Å². The van der Waals surface area contributed by atoms with E-state index in [1.54, 1.807) is 22.6 Å². The van der Waals surface area contributed by atoms with Crippen molar-refractivity contribution in [2.24, 2.45) is 5.92 Å². The third-order valence-electron chi connectivity index (χ3n) is 5.10. The predicted molar refractivity (Wildman–Crippen MR) is 113 cm³/mol. The van der Waals surface area contributed by atoms with E-state index in [-0.39, 0.29) is 47.5 Å². The van der Waals surface area contributed by atoms with Gasteiger partial charge in [-0.05, 0) is 5.92 Å². The maximum absolute atomic E-state index is 13.2. The van der Waals surface area contributed by atoms with Gasteiger partial charge in [-0.1, -0.05) is 34.6 Å². The Kier molecular flexibility index (Phi) is 6.03. The lowest BCUT2D eigenvalue weighted by Crippen LogP contribution is -2.34. The first-order valence-corrected chi connectivity index (χ1v) is 10.3. The minimum absolute atomic E-state index is 0.0770. The second-order valence-corrected chi connectivity index (χ2v) is 9.19. The SMILES string of the molecule is COCCNC(=O)Cn1c2c(c(=O)n3nc(C(C)(C)C)cc13)CN(CC(C)C)C2=O. The van der Waals surface area contributed by atoms with Gasteiger partial charge >= 0.3 is 0 Å². The third-order valence-corrected chi connectivity index (χ3v) is 5.10. The molecule has 0 bridgehead atoms. The van der Waals surface area contributed by atoms with Crippen molar-refractivity contribution in [1.82, 2.24) is 24.4 Å². The van der Waals surface area contributed by atoms with E-state index in [2.05, 4.69) is 10.4 Å². The first kappa shape index (κ1) is 22.0. The van der Waals surface area contributed by atoms with Crippen molar-refractivity contribution < 1.29 is 14.3 Å². The standard InChI is InChI=1S/C21H31N5O4/c1-13(2)10-24-11-14-18(20(24)29)25(12-16(27)22-7-8-30-6)17-9-15(21(3,4)5)23-26(17)19(14)28/h9,13H,7-8,10-12H2,1-6H3,(H,22,27). The summed E-state index contributed by atoms with van der Waals surface area (Å²) in [6.07, 6.45) is 0. The van der Waals surface area contributed by atoms with Gasteiger partial charge in [-0.15, -0.1) is 0 Å². The van der Waals surface area contributed by atoms with Crippen LogP contribution in [-0.4, -0.2) is 57.7 Å². The number of aromatic nitrogens is 3.